The van der Waals surface area contributed by atoms with Crippen LogP contribution in [0.25, 0.3) is 0 Å². The van der Waals surface area contributed by atoms with Crippen LogP contribution in [0, 0.1) is 0 Å². The molecule has 1 saturated carbocycles. The fourth-order valence-corrected chi connectivity index (χ4v) is 5.04. The van der Waals surface area contributed by atoms with Gasteiger partial charge in [0.25, 0.3) is 0 Å². The van der Waals surface area contributed by atoms with Crippen molar-refractivity contribution in [2.24, 2.45) is 0 Å². The van der Waals surface area contributed by atoms with Gasteiger partial charge < -0.3 is 23.1 Å². The number of rotatable bonds is 8. The molecular weight excluding hydrogens is 364 g/mol. The second-order valence-electron chi connectivity index (χ2n) is 5.96. The number of hydrogen-bond acceptors (Lipinski definition) is 5. The molecule has 0 aromatic heterocycles. The van der Waals surface area contributed by atoms with Crippen molar-refractivity contribution in [3.63, 3.8) is 0 Å². The molecule has 0 N–H and O–H groups in total. The summed E-state index contributed by atoms with van der Waals surface area (Å²) in [5.41, 5.74) is 0. The maximum Gasteiger partial charge on any atom is 0.500 e. The van der Waals surface area contributed by atoms with E-state index in [1.165, 1.54) is 32.1 Å². The molecule has 1 heterocycles. The maximum absolute atomic E-state index is 5.46. The van der Waals surface area contributed by atoms with Crippen LogP contribution in [0.15, 0.2) is 12.4 Å². The van der Waals surface area contributed by atoms with Crippen LogP contribution >= 0.6 is 17.0 Å². The van der Waals surface area contributed by atoms with Crippen molar-refractivity contribution in [3.05, 3.63) is 12.4 Å². The van der Waals surface area contributed by atoms with Crippen LogP contribution in [0.2, 0.25) is 6.04 Å². The van der Waals surface area contributed by atoms with Gasteiger partial charge in [0.1, 0.15) is 0 Å². The summed E-state index contributed by atoms with van der Waals surface area (Å²) in [6.45, 7) is 2.07. The van der Waals surface area contributed by atoms with Gasteiger partial charge in [0, 0.05) is 52.4 Å². The first-order chi connectivity index (χ1) is 10.2. The Balaban J connectivity index is 0.00000242. The Labute approximate surface area is 146 Å². The van der Waals surface area contributed by atoms with E-state index in [0.717, 1.165) is 31.7 Å². The molecule has 130 valence electrons. The van der Waals surface area contributed by atoms with E-state index < -0.39 is 8.80 Å². The lowest BCUT2D eigenvalue weighted by atomic mass is 9.95. The highest BCUT2D eigenvalue weighted by Crippen LogP contribution is 2.25. The first kappa shape index (κ1) is 20.0. The minimum atomic E-state index is -2.40. The van der Waals surface area contributed by atoms with Crippen molar-refractivity contribution in [2.75, 3.05) is 34.5 Å². The molecule has 2 rings (SSSR count). The molecule has 7 heteroatoms. The van der Waals surface area contributed by atoms with Crippen molar-refractivity contribution in [2.45, 2.75) is 50.6 Å². The van der Waals surface area contributed by atoms with E-state index >= 15 is 0 Å². The fourth-order valence-electron chi connectivity index (χ4n) is 3.33. The van der Waals surface area contributed by atoms with E-state index in [1.54, 1.807) is 21.3 Å². The van der Waals surface area contributed by atoms with E-state index in [9.17, 15) is 0 Å². The Kier molecular flexibility index (Phi) is 9.00. The molecule has 5 nitrogen and oxygen atoms in total. The summed E-state index contributed by atoms with van der Waals surface area (Å²) in [6, 6.07) is 1.62. The van der Waals surface area contributed by atoms with Gasteiger partial charge in [-0.05, 0) is 19.3 Å². The van der Waals surface area contributed by atoms with Gasteiger partial charge in [-0.2, -0.15) is 0 Å². The molecule has 0 unspecified atom stereocenters. The van der Waals surface area contributed by atoms with Crippen LogP contribution in [0.4, 0.5) is 0 Å². The summed E-state index contributed by atoms with van der Waals surface area (Å²) in [6.07, 6.45) is 12.4. The molecule has 2 aliphatic rings. The van der Waals surface area contributed by atoms with Crippen molar-refractivity contribution in [1.29, 1.82) is 0 Å². The molecule has 0 spiro atoms. The molecule has 0 aromatic rings. The Morgan fingerprint density at radius 3 is 2.23 bits per heavy atom. The smallest absolute Gasteiger partial charge is 0.377 e. The zero-order valence-corrected chi connectivity index (χ0v) is 16.8. The second-order valence-corrected chi connectivity index (χ2v) is 9.05. The van der Waals surface area contributed by atoms with Crippen LogP contribution in [0.5, 0.6) is 0 Å². The summed E-state index contributed by atoms with van der Waals surface area (Å²) < 4.78 is 16.4. The van der Waals surface area contributed by atoms with Crippen molar-refractivity contribution in [3.8, 4) is 0 Å². The lowest BCUT2D eigenvalue weighted by Gasteiger charge is -2.32. The average Bonchev–Trinajstić information content (AvgIpc) is 3.02. The highest BCUT2D eigenvalue weighted by molar-refractivity contribution is 8.93. The molecule has 0 amide bonds. The number of halogens is 1. The highest BCUT2D eigenvalue weighted by Gasteiger charge is 2.37. The number of hydrogen-bond donors (Lipinski definition) is 0. The first-order valence-electron chi connectivity index (χ1n) is 8.06. The van der Waals surface area contributed by atoms with Gasteiger partial charge in [-0.1, -0.05) is 19.3 Å². The van der Waals surface area contributed by atoms with Crippen molar-refractivity contribution in [1.82, 2.24) is 9.80 Å². The monoisotopic (exact) mass is 394 g/mol. The third-order valence-electron chi connectivity index (χ3n) is 4.72. The zero-order valence-electron chi connectivity index (χ0n) is 14.1. The molecule has 0 bridgehead atoms. The summed E-state index contributed by atoms with van der Waals surface area (Å²) in [5, 5.41) is 0. The van der Waals surface area contributed by atoms with E-state index in [4.69, 9.17) is 13.3 Å². The summed E-state index contributed by atoms with van der Waals surface area (Å²) in [5.74, 6) is 0. The molecule has 0 radical (unpaired) electrons. The third-order valence-corrected chi connectivity index (χ3v) is 7.55. The molecule has 22 heavy (non-hydrogen) atoms. The minimum absolute atomic E-state index is 0. The Bertz CT molecular complexity index is 328. The van der Waals surface area contributed by atoms with Crippen LogP contribution in [0.3, 0.4) is 0 Å². The van der Waals surface area contributed by atoms with E-state index in [-0.39, 0.29) is 17.0 Å². The molecule has 0 saturated heterocycles. The highest BCUT2D eigenvalue weighted by atomic mass is 79.9. The largest absolute Gasteiger partial charge is 0.500 e. The van der Waals surface area contributed by atoms with Crippen LogP contribution in [-0.2, 0) is 13.3 Å². The van der Waals surface area contributed by atoms with E-state index in [2.05, 4.69) is 22.2 Å². The average molecular weight is 395 g/mol. The molecule has 1 aliphatic heterocycles. The Hall–Kier alpha value is -0.0831. The van der Waals surface area contributed by atoms with Crippen LogP contribution in [0.1, 0.15) is 38.5 Å². The minimum Gasteiger partial charge on any atom is -0.377 e. The van der Waals surface area contributed by atoms with Gasteiger partial charge in [0.15, 0.2) is 0 Å². The molecule has 0 aromatic carbocycles. The van der Waals surface area contributed by atoms with Gasteiger partial charge in [-0.15, -0.1) is 17.0 Å². The summed E-state index contributed by atoms with van der Waals surface area (Å²) >= 11 is 0. The van der Waals surface area contributed by atoms with Crippen molar-refractivity contribution < 1.29 is 13.3 Å². The normalized spacial score (nSPS) is 19.6. The zero-order chi connectivity index (χ0) is 15.1. The Morgan fingerprint density at radius 2 is 1.64 bits per heavy atom. The fraction of sp³-hybridized carbons (Fsp3) is 0.867. The van der Waals surface area contributed by atoms with E-state index in [1.807, 2.05) is 0 Å². The second kappa shape index (κ2) is 9.92. The van der Waals surface area contributed by atoms with E-state index in [0.29, 0.717) is 0 Å². The van der Waals surface area contributed by atoms with Crippen LogP contribution in [-0.4, -0.2) is 59.2 Å². The lowest BCUT2D eigenvalue weighted by Crippen LogP contribution is -2.43. The van der Waals surface area contributed by atoms with Gasteiger partial charge in [0.05, 0.1) is 6.67 Å². The standard InChI is InChI=1S/C15H30N2O3Si.BrH/c1-18-21(19-2,20-3)13-7-10-16-11-12-17(14-16)15-8-5-4-6-9-15;/h11-12,15H,4-10,13-14H2,1-3H3;1H. The maximum atomic E-state index is 5.46. The third kappa shape index (κ3) is 5.23. The van der Waals surface area contributed by atoms with Gasteiger partial charge >= 0.3 is 8.80 Å². The van der Waals surface area contributed by atoms with Gasteiger partial charge in [0.2, 0.25) is 0 Å². The SMILES string of the molecule is Br.CO[Si](CCCN1C=CN(C2CCCCC2)C1)(OC)OC. The quantitative estimate of drug-likeness (QED) is 0.590. The molecular formula is C15H31BrN2O3Si. The molecule has 0 atom stereocenters. The van der Waals surface area contributed by atoms with Gasteiger partial charge in [-0.25, -0.2) is 0 Å². The lowest BCUT2D eigenvalue weighted by molar-refractivity contribution is 0.121. The first-order valence-corrected chi connectivity index (χ1v) is 10.00. The predicted octanol–water partition coefficient (Wildman–Crippen LogP) is 3.21. The van der Waals surface area contributed by atoms with Crippen molar-refractivity contribution >= 4 is 25.8 Å². The van der Waals surface area contributed by atoms with Gasteiger partial charge in [-0.3, -0.25) is 0 Å². The summed E-state index contributed by atoms with van der Waals surface area (Å²) in [4.78, 5) is 4.89. The summed E-state index contributed by atoms with van der Waals surface area (Å²) in [7, 11) is 2.64. The predicted molar refractivity (Wildman–Crippen MR) is 96.0 cm³/mol. The number of nitrogens with zero attached hydrogens (tertiary/aromatic N) is 2. The molecule has 1 aliphatic carbocycles. The Morgan fingerprint density at radius 1 is 1.00 bits per heavy atom. The van der Waals surface area contributed by atoms with Crippen LogP contribution < -0.4 is 0 Å². The molecule has 1 fully saturated rings. The topological polar surface area (TPSA) is 34.2 Å².